The van der Waals surface area contributed by atoms with Crippen LogP contribution in [0.4, 0.5) is 29.1 Å². The smallest absolute Gasteiger partial charge is 0.374 e. The molecule has 1 aliphatic heterocycles. The second-order valence-corrected chi connectivity index (χ2v) is 12.4. The van der Waals surface area contributed by atoms with Gasteiger partial charge in [0.15, 0.2) is 0 Å². The minimum absolute atomic E-state index is 0.0229. The zero-order valence-corrected chi connectivity index (χ0v) is 28.1. The van der Waals surface area contributed by atoms with Gasteiger partial charge in [0.05, 0.1) is 17.6 Å². The highest BCUT2D eigenvalue weighted by atomic mass is 19.4. The van der Waals surface area contributed by atoms with Gasteiger partial charge in [0.25, 0.3) is 0 Å². The van der Waals surface area contributed by atoms with Crippen molar-refractivity contribution < 1.29 is 22.4 Å². The molecule has 1 unspecified atom stereocenters. The summed E-state index contributed by atoms with van der Waals surface area (Å²) in [6.45, 7) is 18.9. The third-order valence-electron chi connectivity index (χ3n) is 8.61. The molecule has 1 atom stereocenters. The third-order valence-corrected chi connectivity index (χ3v) is 8.61. The average Bonchev–Trinajstić information content (AvgIpc) is 3.01. The number of piperidine rings is 1. The van der Waals surface area contributed by atoms with Crippen LogP contribution in [0.1, 0.15) is 59.4 Å². The Morgan fingerprint density at radius 2 is 1.91 bits per heavy atom. The van der Waals surface area contributed by atoms with E-state index < -0.39 is 18.5 Å². The lowest BCUT2D eigenvalue weighted by Crippen LogP contribution is -2.45. The number of nitrogens with zero attached hydrogens (tertiary/aromatic N) is 3. The van der Waals surface area contributed by atoms with Crippen LogP contribution >= 0.6 is 0 Å². The van der Waals surface area contributed by atoms with Crippen LogP contribution in [0.15, 0.2) is 71.0 Å². The van der Waals surface area contributed by atoms with Gasteiger partial charge in [-0.25, -0.2) is 9.37 Å². The van der Waals surface area contributed by atoms with Gasteiger partial charge >= 0.3 is 6.18 Å². The predicted octanol–water partition coefficient (Wildman–Crippen LogP) is 6.98. The van der Waals surface area contributed by atoms with Crippen molar-refractivity contribution in [1.82, 2.24) is 20.5 Å². The predicted molar refractivity (Wildman–Crippen MR) is 179 cm³/mol. The summed E-state index contributed by atoms with van der Waals surface area (Å²) in [4.78, 5) is 21.6. The highest BCUT2D eigenvalue weighted by Crippen LogP contribution is 2.30. The van der Waals surface area contributed by atoms with Crippen molar-refractivity contribution in [2.75, 3.05) is 56.0 Å². The van der Waals surface area contributed by atoms with Crippen LogP contribution in [0.5, 0.6) is 0 Å². The molecule has 0 bridgehead atoms. The van der Waals surface area contributed by atoms with Crippen molar-refractivity contribution in [2.24, 2.45) is 5.92 Å². The van der Waals surface area contributed by atoms with Crippen LogP contribution in [0, 0.1) is 12.8 Å². The Hall–Kier alpha value is -3.44. The van der Waals surface area contributed by atoms with Crippen molar-refractivity contribution in [3.8, 4) is 0 Å². The van der Waals surface area contributed by atoms with Gasteiger partial charge in [-0.3, -0.25) is 9.69 Å². The molecule has 46 heavy (non-hydrogen) atoms. The molecule has 0 saturated carbocycles. The Morgan fingerprint density at radius 3 is 2.50 bits per heavy atom. The van der Waals surface area contributed by atoms with Gasteiger partial charge in [-0.15, -0.1) is 0 Å². The van der Waals surface area contributed by atoms with Crippen LogP contribution < -0.4 is 20.9 Å². The van der Waals surface area contributed by atoms with E-state index in [0.29, 0.717) is 24.2 Å². The standard InChI is InChI=1S/C35H50F4N6O/c1-8-23(3)10-11-28(27(7)36)21-44-15-12-29(13-16-44)40-14-17-45(20-24(4)9-2)34-25(5)18-30(19-41-34)43-32-31(26(6)33(32)46)42-22-35(37,38)39/h8,10-11,18-19,24,29,40,42-43H,6,9,12-17,20-22H2,1-5,7H3/b11-10-,23-8-,28-27-. The minimum Gasteiger partial charge on any atom is -0.374 e. The Labute approximate surface area is 271 Å². The van der Waals surface area contributed by atoms with E-state index in [2.05, 4.69) is 46.2 Å². The van der Waals surface area contributed by atoms with Gasteiger partial charge < -0.3 is 20.9 Å². The zero-order chi connectivity index (χ0) is 34.0. The largest absolute Gasteiger partial charge is 0.405 e. The van der Waals surface area contributed by atoms with E-state index in [4.69, 9.17) is 4.98 Å². The van der Waals surface area contributed by atoms with Crippen molar-refractivity contribution >= 4 is 17.3 Å². The van der Waals surface area contributed by atoms with Crippen LogP contribution in [-0.2, 0) is 4.79 Å². The normalized spacial score (nSPS) is 18.2. The number of likely N-dealkylation sites (tertiary alicyclic amines) is 1. The molecule has 0 spiro atoms. The molecule has 3 N–H and O–H groups in total. The number of rotatable bonds is 16. The number of carbonyl (C=O) groups excluding carboxylic acids is 1. The highest BCUT2D eigenvalue weighted by Gasteiger charge is 2.36. The highest BCUT2D eigenvalue weighted by molar-refractivity contribution is 6.20. The molecule has 0 radical (unpaired) electrons. The van der Waals surface area contributed by atoms with E-state index >= 15 is 0 Å². The van der Waals surface area contributed by atoms with Crippen molar-refractivity contribution in [3.05, 3.63) is 76.6 Å². The van der Waals surface area contributed by atoms with E-state index in [1.807, 2.05) is 45.1 Å². The first-order valence-electron chi connectivity index (χ1n) is 16.1. The monoisotopic (exact) mass is 646 g/mol. The van der Waals surface area contributed by atoms with Crippen LogP contribution in [0.2, 0.25) is 0 Å². The van der Waals surface area contributed by atoms with E-state index in [-0.39, 0.29) is 22.8 Å². The Morgan fingerprint density at radius 1 is 1.22 bits per heavy atom. The molecule has 0 aromatic carbocycles. The quantitative estimate of drug-likeness (QED) is 0.102. The Kier molecular flexibility index (Phi) is 13.6. The van der Waals surface area contributed by atoms with E-state index in [9.17, 15) is 22.4 Å². The van der Waals surface area contributed by atoms with Gasteiger partial charge in [0.1, 0.15) is 23.9 Å². The Balaban J connectivity index is 1.59. The molecular formula is C35H50F4N6O. The molecule has 7 nitrogen and oxygen atoms in total. The fraction of sp³-hybridized carbons (Fsp3) is 0.543. The molecule has 11 heteroatoms. The number of hydrogen-bond acceptors (Lipinski definition) is 7. The molecule has 0 amide bonds. The molecular weight excluding hydrogens is 596 g/mol. The SMILES string of the molecule is C=C1C(=O)C(Nc2cnc(N(CCNC3CCN(CC(/C=C\C(C)=C/C)=C(/C)F)CC3)CC(C)CC)c(C)c2)=C1NCC(F)(F)F. The molecule has 2 heterocycles. The first kappa shape index (κ1) is 37.0. The van der Waals surface area contributed by atoms with E-state index in [1.165, 1.54) is 6.92 Å². The van der Waals surface area contributed by atoms with Gasteiger partial charge in [-0.1, -0.05) is 50.6 Å². The summed E-state index contributed by atoms with van der Waals surface area (Å²) in [5, 5.41) is 8.92. The number of aryl methyl sites for hydroxylation is 1. The number of halogens is 4. The number of anilines is 2. The molecule has 3 rings (SSSR count). The number of allylic oxidation sites excluding steroid dienone is 6. The van der Waals surface area contributed by atoms with Gasteiger partial charge in [0.2, 0.25) is 5.78 Å². The fourth-order valence-corrected chi connectivity index (χ4v) is 5.41. The lowest BCUT2D eigenvalue weighted by atomic mass is 9.93. The summed E-state index contributed by atoms with van der Waals surface area (Å²) in [5.74, 6) is 0.711. The molecule has 1 fully saturated rings. The molecule has 1 aromatic rings. The second kappa shape index (κ2) is 16.9. The number of ketones is 1. The van der Waals surface area contributed by atoms with Gasteiger partial charge in [0, 0.05) is 37.8 Å². The van der Waals surface area contributed by atoms with Crippen molar-refractivity contribution in [2.45, 2.75) is 73.0 Å². The molecule has 1 aliphatic carbocycles. The van der Waals surface area contributed by atoms with Gasteiger partial charge in [-0.05, 0) is 76.7 Å². The number of pyridine rings is 1. The van der Waals surface area contributed by atoms with Crippen LogP contribution in [0.25, 0.3) is 0 Å². The maximum atomic E-state index is 14.2. The summed E-state index contributed by atoms with van der Waals surface area (Å²) in [6.07, 6.45) is 6.03. The lowest BCUT2D eigenvalue weighted by molar-refractivity contribution is -0.124. The molecule has 1 aromatic heterocycles. The van der Waals surface area contributed by atoms with Crippen molar-refractivity contribution in [1.29, 1.82) is 0 Å². The van der Waals surface area contributed by atoms with Crippen LogP contribution in [0.3, 0.4) is 0 Å². The van der Waals surface area contributed by atoms with Gasteiger partial charge in [-0.2, -0.15) is 13.2 Å². The molecule has 1 saturated heterocycles. The molecule has 2 aliphatic rings. The second-order valence-electron chi connectivity index (χ2n) is 12.4. The third kappa shape index (κ3) is 10.8. The number of Topliss-reactive ketones (excluding diaryl/α,β-unsaturated/α-hetero) is 1. The number of alkyl halides is 3. The maximum absolute atomic E-state index is 14.2. The number of hydrogen-bond donors (Lipinski definition) is 3. The summed E-state index contributed by atoms with van der Waals surface area (Å²) in [5.41, 5.74) is 3.39. The Bertz CT molecular complexity index is 1350. The summed E-state index contributed by atoms with van der Waals surface area (Å²) in [6, 6.07) is 2.24. The van der Waals surface area contributed by atoms with Crippen molar-refractivity contribution in [3.63, 3.8) is 0 Å². The lowest BCUT2D eigenvalue weighted by Gasteiger charge is -2.34. The minimum atomic E-state index is -4.41. The number of carbonyl (C=O) groups is 1. The zero-order valence-electron chi connectivity index (χ0n) is 28.1. The summed E-state index contributed by atoms with van der Waals surface area (Å²) < 4.78 is 52.3. The van der Waals surface area contributed by atoms with E-state index in [0.717, 1.165) is 74.5 Å². The molecule has 254 valence electrons. The summed E-state index contributed by atoms with van der Waals surface area (Å²) in [7, 11) is 0. The van der Waals surface area contributed by atoms with E-state index in [1.54, 1.807) is 6.20 Å². The summed E-state index contributed by atoms with van der Waals surface area (Å²) >= 11 is 0. The average molecular weight is 647 g/mol. The topological polar surface area (TPSA) is 72.5 Å². The number of aromatic nitrogens is 1. The fourth-order valence-electron chi connectivity index (χ4n) is 5.41. The first-order valence-corrected chi connectivity index (χ1v) is 16.1. The first-order chi connectivity index (χ1) is 21.7. The number of nitrogens with one attached hydrogen (secondary N) is 3. The maximum Gasteiger partial charge on any atom is 0.405 e. The van der Waals surface area contributed by atoms with Crippen LogP contribution in [-0.4, -0.2) is 73.7 Å².